The van der Waals surface area contributed by atoms with Gasteiger partial charge in [-0.3, -0.25) is 0 Å². The molecule has 0 radical (unpaired) electrons. The maximum Gasteiger partial charge on any atom is 0.0434 e. The summed E-state index contributed by atoms with van der Waals surface area (Å²) in [7, 11) is 0. The second-order valence-electron chi connectivity index (χ2n) is 15.2. The minimum Gasteiger partial charge on any atom is -0.135 e. The number of hydrogen-bond acceptors (Lipinski definition) is 2. The summed E-state index contributed by atoms with van der Waals surface area (Å²) < 4.78 is 5.40. The molecule has 0 atom stereocenters. The molecule has 0 N–H and O–H groups in total. The molecule has 0 saturated heterocycles. The third kappa shape index (κ3) is 4.00. The number of hydrogen-bond donors (Lipinski definition) is 0. The van der Waals surface area contributed by atoms with Gasteiger partial charge in [0.25, 0.3) is 0 Å². The Labute approximate surface area is 315 Å². The largest absolute Gasteiger partial charge is 0.135 e. The zero-order chi connectivity index (χ0) is 35.0. The van der Waals surface area contributed by atoms with Gasteiger partial charge in [0.2, 0.25) is 0 Å². The maximum absolute atomic E-state index is 2.51. The van der Waals surface area contributed by atoms with Crippen LogP contribution in [0.4, 0.5) is 0 Å². The van der Waals surface area contributed by atoms with Crippen LogP contribution in [0.1, 0.15) is 25.0 Å². The lowest BCUT2D eigenvalue weighted by atomic mass is 9.80. The van der Waals surface area contributed by atoms with E-state index in [0.717, 1.165) is 0 Å². The molecule has 0 aliphatic heterocycles. The summed E-state index contributed by atoms with van der Waals surface area (Å²) >= 11 is 3.83. The Morgan fingerprint density at radius 1 is 0.340 bits per heavy atom. The molecule has 0 bridgehead atoms. The van der Waals surface area contributed by atoms with Crippen molar-refractivity contribution in [2.24, 2.45) is 0 Å². The van der Waals surface area contributed by atoms with Crippen LogP contribution in [0, 0.1) is 0 Å². The first-order valence-corrected chi connectivity index (χ1v) is 20.1. The van der Waals surface area contributed by atoms with Gasteiger partial charge in [-0.25, -0.2) is 0 Å². The fraction of sp³-hybridized carbons (Fsp3) is 0.0588. The Morgan fingerprint density at radius 3 is 1.60 bits per heavy atom. The van der Waals surface area contributed by atoms with Gasteiger partial charge in [-0.15, -0.1) is 22.7 Å². The molecular weight excluding hydrogens is 677 g/mol. The van der Waals surface area contributed by atoms with E-state index in [2.05, 4.69) is 172 Å². The van der Waals surface area contributed by atoms with Crippen LogP contribution >= 0.6 is 22.7 Å². The smallest absolute Gasteiger partial charge is 0.0434 e. The first-order chi connectivity index (χ1) is 26.0. The molecule has 53 heavy (non-hydrogen) atoms. The first kappa shape index (κ1) is 29.7. The van der Waals surface area contributed by atoms with Crippen molar-refractivity contribution < 1.29 is 0 Å². The van der Waals surface area contributed by atoms with Gasteiger partial charge in [0, 0.05) is 51.1 Å². The maximum atomic E-state index is 2.51. The molecule has 2 aromatic heterocycles. The molecule has 12 rings (SSSR count). The average molecular weight is 709 g/mol. The van der Waals surface area contributed by atoms with Crippen LogP contribution in [-0.4, -0.2) is 0 Å². The number of rotatable bonds is 2. The van der Waals surface area contributed by atoms with E-state index in [1.807, 2.05) is 22.7 Å². The minimum absolute atomic E-state index is 0.0672. The quantitative estimate of drug-likeness (QED) is 0.157. The predicted molar refractivity (Wildman–Crippen MR) is 233 cm³/mol. The Bertz CT molecular complexity index is 3310. The molecule has 2 heteroatoms. The van der Waals surface area contributed by atoms with Crippen molar-refractivity contribution in [2.45, 2.75) is 19.3 Å². The van der Waals surface area contributed by atoms with Gasteiger partial charge in [0.15, 0.2) is 0 Å². The Kier molecular flexibility index (Phi) is 5.97. The number of fused-ring (bicyclic) bond motifs is 13. The highest BCUT2D eigenvalue weighted by Gasteiger charge is 2.35. The Hall–Kier alpha value is -5.80. The Balaban J connectivity index is 1.22. The van der Waals surface area contributed by atoms with E-state index >= 15 is 0 Å². The fourth-order valence-corrected chi connectivity index (χ4v) is 11.9. The second kappa shape index (κ2) is 10.6. The first-order valence-electron chi connectivity index (χ1n) is 18.4. The fourth-order valence-electron chi connectivity index (χ4n) is 9.61. The van der Waals surface area contributed by atoms with Gasteiger partial charge in [-0.05, 0) is 108 Å². The molecule has 0 amide bonds. The van der Waals surface area contributed by atoms with E-state index in [9.17, 15) is 0 Å². The molecule has 9 aromatic carbocycles. The van der Waals surface area contributed by atoms with Gasteiger partial charge in [-0.2, -0.15) is 0 Å². The topological polar surface area (TPSA) is 0 Å². The van der Waals surface area contributed by atoms with Gasteiger partial charge >= 0.3 is 0 Å². The lowest BCUT2D eigenvalue weighted by Gasteiger charge is -2.23. The lowest BCUT2D eigenvalue weighted by molar-refractivity contribution is 0.660. The molecular formula is C51H32S2. The van der Waals surface area contributed by atoms with Crippen molar-refractivity contribution in [2.75, 3.05) is 0 Å². The zero-order valence-electron chi connectivity index (χ0n) is 29.3. The zero-order valence-corrected chi connectivity index (χ0v) is 31.0. The van der Waals surface area contributed by atoms with Crippen molar-refractivity contribution in [3.63, 3.8) is 0 Å². The summed E-state index contributed by atoms with van der Waals surface area (Å²) in [6.07, 6.45) is 0. The number of thiophene rings is 2. The summed E-state index contributed by atoms with van der Waals surface area (Å²) in [5, 5.41) is 13.2. The number of benzene rings is 9. The molecule has 11 aromatic rings. The highest BCUT2D eigenvalue weighted by molar-refractivity contribution is 7.27. The Morgan fingerprint density at radius 2 is 0.887 bits per heavy atom. The summed E-state index contributed by atoms with van der Waals surface area (Å²) in [5.41, 5.74) is 10.7. The van der Waals surface area contributed by atoms with Gasteiger partial charge in [0.05, 0.1) is 0 Å². The van der Waals surface area contributed by atoms with Crippen molar-refractivity contribution in [1.82, 2.24) is 0 Å². The molecule has 248 valence electrons. The van der Waals surface area contributed by atoms with Crippen molar-refractivity contribution in [1.29, 1.82) is 0 Å². The van der Waals surface area contributed by atoms with Crippen LogP contribution in [-0.2, 0) is 5.41 Å². The van der Waals surface area contributed by atoms with E-state index in [4.69, 9.17) is 0 Å². The monoisotopic (exact) mass is 708 g/mol. The van der Waals surface area contributed by atoms with E-state index in [0.29, 0.717) is 0 Å². The van der Waals surface area contributed by atoms with Gasteiger partial charge < -0.3 is 0 Å². The van der Waals surface area contributed by atoms with Crippen LogP contribution in [0.5, 0.6) is 0 Å². The summed E-state index contributed by atoms with van der Waals surface area (Å²) in [5.74, 6) is 0. The molecule has 0 nitrogen and oxygen atoms in total. The summed E-state index contributed by atoms with van der Waals surface area (Å²) in [6, 6.07) is 59.7. The highest BCUT2D eigenvalue weighted by atomic mass is 32.1. The van der Waals surface area contributed by atoms with E-state index in [-0.39, 0.29) is 5.41 Å². The molecule has 0 spiro atoms. The predicted octanol–water partition coefficient (Wildman–Crippen LogP) is 15.5. The van der Waals surface area contributed by atoms with Crippen LogP contribution < -0.4 is 0 Å². The highest BCUT2D eigenvalue weighted by Crippen LogP contribution is 2.53. The minimum atomic E-state index is -0.0672. The average Bonchev–Trinajstić information content (AvgIpc) is 3.83. The second-order valence-corrected chi connectivity index (χ2v) is 17.3. The third-order valence-electron chi connectivity index (χ3n) is 12.0. The van der Waals surface area contributed by atoms with E-state index in [1.165, 1.54) is 117 Å². The third-order valence-corrected chi connectivity index (χ3v) is 14.4. The molecule has 2 heterocycles. The molecule has 0 unspecified atom stereocenters. The van der Waals surface area contributed by atoms with Crippen LogP contribution in [0.2, 0.25) is 0 Å². The summed E-state index contributed by atoms with van der Waals surface area (Å²) in [6.45, 7) is 4.76. The van der Waals surface area contributed by atoms with Crippen molar-refractivity contribution >= 4 is 95.3 Å². The molecule has 1 aliphatic rings. The van der Waals surface area contributed by atoms with Crippen LogP contribution in [0.15, 0.2) is 158 Å². The van der Waals surface area contributed by atoms with Crippen LogP contribution in [0.25, 0.3) is 106 Å². The molecule has 0 saturated carbocycles. The normalized spacial score (nSPS) is 13.6. The lowest BCUT2D eigenvalue weighted by Crippen LogP contribution is -2.14. The standard InChI is InChI=1S/C51H32S2/c1-51(2)43-20-10-7-13-30(43)31-24-23-29(25-44(31)51)48-34-16-3-5-18-36(34)49(37-19-6-4-17-35(37)48)40-27-41-33-15-9-12-22-46(33)53-50(41)42-28-47-39(26-38(40)42)32-14-8-11-21-45(32)52-47/h3-28H,1-2H3. The van der Waals surface area contributed by atoms with Crippen molar-refractivity contribution in [3.8, 4) is 33.4 Å². The van der Waals surface area contributed by atoms with Crippen LogP contribution in [0.3, 0.4) is 0 Å². The van der Waals surface area contributed by atoms with E-state index < -0.39 is 0 Å². The molecule has 1 aliphatic carbocycles. The van der Waals surface area contributed by atoms with Crippen molar-refractivity contribution in [3.05, 3.63) is 169 Å². The van der Waals surface area contributed by atoms with E-state index in [1.54, 1.807) is 0 Å². The summed E-state index contributed by atoms with van der Waals surface area (Å²) in [4.78, 5) is 0. The SMILES string of the molecule is CC1(C)c2ccccc2-c2ccc(-c3c4ccccc4c(-c4cc5c6ccccc6sc5c5cc6sc7ccccc7c6cc45)c4ccccc34)cc21. The van der Waals surface area contributed by atoms with Gasteiger partial charge in [0.1, 0.15) is 0 Å². The molecule has 0 fully saturated rings. The van der Waals surface area contributed by atoms with Gasteiger partial charge in [-0.1, -0.05) is 135 Å².